The van der Waals surface area contributed by atoms with Crippen LogP contribution >= 0.6 is 50.7 Å². The molecule has 2 aromatic rings. The average molecular weight is 380 g/mol. The predicted molar refractivity (Wildman–Crippen MR) is 81.4 cm³/mol. The minimum atomic E-state index is -0.372. The van der Waals surface area contributed by atoms with Crippen molar-refractivity contribution in [3.05, 3.63) is 55.7 Å². The molecule has 0 aliphatic heterocycles. The lowest BCUT2D eigenvalue weighted by Gasteiger charge is -2.07. The van der Waals surface area contributed by atoms with E-state index in [1.807, 2.05) is 0 Å². The Balaban J connectivity index is 2.25. The van der Waals surface area contributed by atoms with Crippen molar-refractivity contribution >= 4 is 62.3 Å². The fourth-order valence-corrected chi connectivity index (χ4v) is 2.19. The van der Waals surface area contributed by atoms with Crippen LogP contribution in [0, 0.1) is 0 Å². The molecule has 3 nitrogen and oxygen atoms in total. The van der Waals surface area contributed by atoms with Crippen LogP contribution in [0.4, 0.5) is 5.69 Å². The SMILES string of the molecule is O=C(Nc1cnc(Cl)c(Br)c1)c1cc(Cl)ccc1Cl. The van der Waals surface area contributed by atoms with E-state index in [9.17, 15) is 4.79 Å². The van der Waals surface area contributed by atoms with Gasteiger partial charge in [-0.15, -0.1) is 0 Å². The van der Waals surface area contributed by atoms with Crippen molar-refractivity contribution in [2.45, 2.75) is 0 Å². The molecule has 1 amide bonds. The maximum absolute atomic E-state index is 12.1. The summed E-state index contributed by atoms with van der Waals surface area (Å²) in [5.41, 5.74) is 0.789. The quantitative estimate of drug-likeness (QED) is 0.740. The lowest BCUT2D eigenvalue weighted by atomic mass is 10.2. The highest BCUT2D eigenvalue weighted by Crippen LogP contribution is 2.25. The van der Waals surface area contributed by atoms with Gasteiger partial charge < -0.3 is 5.32 Å². The van der Waals surface area contributed by atoms with Gasteiger partial charge in [0.15, 0.2) is 0 Å². The van der Waals surface area contributed by atoms with Gasteiger partial charge in [0.2, 0.25) is 0 Å². The summed E-state index contributed by atoms with van der Waals surface area (Å²) < 4.78 is 0.587. The molecule has 0 unspecified atom stereocenters. The minimum absolute atomic E-state index is 0.292. The van der Waals surface area contributed by atoms with Crippen LogP contribution in [0.25, 0.3) is 0 Å². The van der Waals surface area contributed by atoms with Crippen molar-refractivity contribution in [1.82, 2.24) is 4.98 Å². The van der Waals surface area contributed by atoms with Gasteiger partial charge in [0.1, 0.15) is 5.15 Å². The van der Waals surface area contributed by atoms with E-state index in [0.717, 1.165) is 0 Å². The maximum atomic E-state index is 12.1. The van der Waals surface area contributed by atoms with E-state index in [0.29, 0.717) is 30.9 Å². The second-order valence-electron chi connectivity index (χ2n) is 3.57. The van der Waals surface area contributed by atoms with Gasteiger partial charge in [-0.25, -0.2) is 4.98 Å². The molecular weight excluding hydrogens is 374 g/mol. The molecule has 0 aliphatic rings. The Bertz CT molecular complexity index is 649. The standard InChI is InChI=1S/C12H6BrCl3N2O/c13-9-4-7(5-17-11(9)16)18-12(19)8-3-6(14)1-2-10(8)15/h1-5H,(H,18,19). The van der Waals surface area contributed by atoms with Crippen molar-refractivity contribution in [3.8, 4) is 0 Å². The molecule has 1 aromatic carbocycles. The number of halogens is 4. The fraction of sp³-hybridized carbons (Fsp3) is 0. The highest BCUT2D eigenvalue weighted by molar-refractivity contribution is 9.10. The van der Waals surface area contributed by atoms with Gasteiger partial charge in [-0.05, 0) is 40.2 Å². The van der Waals surface area contributed by atoms with E-state index in [4.69, 9.17) is 34.8 Å². The van der Waals surface area contributed by atoms with E-state index in [-0.39, 0.29) is 5.91 Å². The van der Waals surface area contributed by atoms with Crippen molar-refractivity contribution in [2.75, 3.05) is 5.32 Å². The minimum Gasteiger partial charge on any atom is -0.321 e. The number of anilines is 1. The third-order valence-electron chi connectivity index (χ3n) is 2.23. The fourth-order valence-electron chi connectivity index (χ4n) is 1.36. The van der Waals surface area contributed by atoms with Gasteiger partial charge >= 0.3 is 0 Å². The third-order valence-corrected chi connectivity index (χ3v) is 3.93. The van der Waals surface area contributed by atoms with Crippen LogP contribution in [-0.4, -0.2) is 10.9 Å². The zero-order chi connectivity index (χ0) is 14.0. The summed E-state index contributed by atoms with van der Waals surface area (Å²) in [5.74, 6) is -0.372. The Morgan fingerprint density at radius 3 is 2.63 bits per heavy atom. The van der Waals surface area contributed by atoms with Gasteiger partial charge in [-0.1, -0.05) is 34.8 Å². The second kappa shape index (κ2) is 6.09. The van der Waals surface area contributed by atoms with E-state index >= 15 is 0 Å². The van der Waals surface area contributed by atoms with Crippen LogP contribution < -0.4 is 5.32 Å². The number of hydrogen-bond acceptors (Lipinski definition) is 2. The smallest absolute Gasteiger partial charge is 0.257 e. The van der Waals surface area contributed by atoms with Gasteiger partial charge in [0, 0.05) is 5.02 Å². The molecule has 0 fully saturated rings. The summed E-state index contributed by atoms with van der Waals surface area (Å²) in [6, 6.07) is 6.32. The number of hydrogen-bond donors (Lipinski definition) is 1. The zero-order valence-electron chi connectivity index (χ0n) is 9.25. The third kappa shape index (κ3) is 3.60. The largest absolute Gasteiger partial charge is 0.321 e. The van der Waals surface area contributed by atoms with Gasteiger partial charge in [0.05, 0.1) is 26.9 Å². The van der Waals surface area contributed by atoms with Crippen LogP contribution in [0.1, 0.15) is 10.4 Å². The molecule has 19 heavy (non-hydrogen) atoms. The molecule has 0 bridgehead atoms. The van der Waals surface area contributed by atoms with Crippen molar-refractivity contribution in [3.63, 3.8) is 0 Å². The van der Waals surface area contributed by atoms with Crippen LogP contribution in [-0.2, 0) is 0 Å². The lowest BCUT2D eigenvalue weighted by Crippen LogP contribution is -2.12. The first-order valence-corrected chi connectivity index (χ1v) is 6.97. The number of pyridine rings is 1. The van der Waals surface area contributed by atoms with Crippen molar-refractivity contribution < 1.29 is 4.79 Å². The van der Waals surface area contributed by atoms with Crippen LogP contribution in [0.15, 0.2) is 34.9 Å². The molecule has 1 N–H and O–H groups in total. The number of aromatic nitrogens is 1. The predicted octanol–water partition coefficient (Wildman–Crippen LogP) is 5.06. The topological polar surface area (TPSA) is 42.0 Å². The molecule has 0 aliphatic carbocycles. The van der Waals surface area contributed by atoms with Crippen LogP contribution in [0.2, 0.25) is 15.2 Å². The molecule has 0 radical (unpaired) electrons. The average Bonchev–Trinajstić information content (AvgIpc) is 2.36. The van der Waals surface area contributed by atoms with Gasteiger partial charge in [-0.3, -0.25) is 4.79 Å². The molecule has 7 heteroatoms. The summed E-state index contributed by atoms with van der Waals surface area (Å²) in [6.07, 6.45) is 1.45. The summed E-state index contributed by atoms with van der Waals surface area (Å²) >= 11 is 20.8. The number of carbonyl (C=O) groups is 1. The number of carbonyl (C=O) groups excluding carboxylic acids is 1. The number of amides is 1. The molecule has 0 saturated carbocycles. The Morgan fingerprint density at radius 1 is 1.21 bits per heavy atom. The van der Waals surface area contributed by atoms with Crippen LogP contribution in [0.3, 0.4) is 0 Å². The summed E-state index contributed by atoms with van der Waals surface area (Å²) in [7, 11) is 0. The van der Waals surface area contributed by atoms with Crippen LogP contribution in [0.5, 0.6) is 0 Å². The summed E-state index contributed by atoms with van der Waals surface area (Å²) in [6.45, 7) is 0. The Morgan fingerprint density at radius 2 is 1.95 bits per heavy atom. The molecule has 1 aromatic heterocycles. The maximum Gasteiger partial charge on any atom is 0.257 e. The number of nitrogens with zero attached hydrogens (tertiary/aromatic N) is 1. The molecule has 98 valence electrons. The molecule has 1 heterocycles. The lowest BCUT2D eigenvalue weighted by molar-refractivity contribution is 0.102. The molecule has 0 saturated heterocycles. The Hall–Kier alpha value is -0.810. The number of nitrogens with one attached hydrogen (secondary N) is 1. The van der Waals surface area contributed by atoms with Crippen molar-refractivity contribution in [2.24, 2.45) is 0 Å². The number of benzene rings is 1. The normalized spacial score (nSPS) is 10.3. The molecular formula is C12H6BrCl3N2O. The second-order valence-corrected chi connectivity index (χ2v) is 5.63. The highest BCUT2D eigenvalue weighted by atomic mass is 79.9. The first-order chi connectivity index (χ1) is 8.97. The van der Waals surface area contributed by atoms with Gasteiger partial charge in [-0.2, -0.15) is 0 Å². The summed E-state index contributed by atoms with van der Waals surface area (Å²) in [5, 5.41) is 3.74. The summed E-state index contributed by atoms with van der Waals surface area (Å²) in [4.78, 5) is 16.0. The van der Waals surface area contributed by atoms with E-state index in [1.165, 1.54) is 12.3 Å². The first kappa shape index (κ1) is 14.6. The Labute approximate surface area is 133 Å². The molecule has 0 spiro atoms. The Kier molecular flexibility index (Phi) is 4.68. The zero-order valence-corrected chi connectivity index (χ0v) is 13.1. The van der Waals surface area contributed by atoms with E-state index in [1.54, 1.807) is 18.2 Å². The molecule has 0 atom stereocenters. The first-order valence-electron chi connectivity index (χ1n) is 5.05. The highest BCUT2D eigenvalue weighted by Gasteiger charge is 2.12. The number of rotatable bonds is 2. The molecule has 2 rings (SSSR count). The monoisotopic (exact) mass is 378 g/mol. The van der Waals surface area contributed by atoms with Gasteiger partial charge in [0.25, 0.3) is 5.91 Å². The van der Waals surface area contributed by atoms with E-state index in [2.05, 4.69) is 26.2 Å². The van der Waals surface area contributed by atoms with E-state index < -0.39 is 0 Å². The van der Waals surface area contributed by atoms with Crippen molar-refractivity contribution in [1.29, 1.82) is 0 Å².